The molecule has 0 atom stereocenters. The van der Waals surface area contributed by atoms with Gasteiger partial charge in [0.05, 0.1) is 11.5 Å². The molecule has 1 amide bonds. The number of nitrogens with two attached hydrogens (primary N) is 1. The van der Waals surface area contributed by atoms with Gasteiger partial charge in [-0.3, -0.25) is 4.79 Å². The number of carbonyl (C=O) groups excluding carboxylic acids is 1. The van der Waals surface area contributed by atoms with Crippen molar-refractivity contribution in [3.05, 3.63) is 0 Å². The predicted octanol–water partition coefficient (Wildman–Crippen LogP) is 0.197. The Morgan fingerprint density at radius 1 is 1.00 bits per heavy atom. The second-order valence-electron chi connectivity index (χ2n) is 5.55. The Morgan fingerprint density at radius 3 is 2.11 bits per heavy atom. The van der Waals surface area contributed by atoms with Gasteiger partial charge >= 0.3 is 0 Å². The van der Waals surface area contributed by atoms with Crippen LogP contribution in [0.2, 0.25) is 0 Å². The van der Waals surface area contributed by atoms with E-state index in [1.54, 1.807) is 0 Å². The summed E-state index contributed by atoms with van der Waals surface area (Å²) in [5.74, 6) is 0.565. The first-order chi connectivity index (χ1) is 8.46. The fourth-order valence-corrected chi connectivity index (χ4v) is 4.23. The van der Waals surface area contributed by atoms with Gasteiger partial charge in [-0.1, -0.05) is 0 Å². The normalized spacial score (nSPS) is 32.9. The molecule has 6 heteroatoms. The molecule has 1 heterocycles. The lowest BCUT2D eigenvalue weighted by atomic mass is 9.85. The molecule has 0 aromatic heterocycles. The SMILES string of the molecule is NC1CCC(C(=O)NC2CCS(=O)(=O)CC2)CC1. The van der Waals surface area contributed by atoms with E-state index in [2.05, 4.69) is 5.32 Å². The first-order valence-electron chi connectivity index (χ1n) is 6.72. The highest BCUT2D eigenvalue weighted by Gasteiger charge is 2.29. The third-order valence-electron chi connectivity index (χ3n) is 4.04. The van der Waals surface area contributed by atoms with Crippen LogP contribution in [0, 0.1) is 5.92 Å². The number of nitrogens with one attached hydrogen (secondary N) is 1. The summed E-state index contributed by atoms with van der Waals surface area (Å²) in [6.45, 7) is 0. The highest BCUT2D eigenvalue weighted by molar-refractivity contribution is 7.91. The maximum absolute atomic E-state index is 12.0. The zero-order chi connectivity index (χ0) is 13.2. The second-order valence-corrected chi connectivity index (χ2v) is 7.85. The van der Waals surface area contributed by atoms with Gasteiger partial charge in [-0.25, -0.2) is 8.42 Å². The van der Waals surface area contributed by atoms with Gasteiger partial charge in [0, 0.05) is 18.0 Å². The van der Waals surface area contributed by atoms with E-state index in [4.69, 9.17) is 5.73 Å². The summed E-state index contributed by atoms with van der Waals surface area (Å²) < 4.78 is 22.6. The molecule has 0 aromatic rings. The van der Waals surface area contributed by atoms with Crippen LogP contribution in [-0.4, -0.2) is 37.9 Å². The Balaban J connectivity index is 1.78. The molecule has 3 N–H and O–H groups in total. The van der Waals surface area contributed by atoms with Crippen molar-refractivity contribution in [3.63, 3.8) is 0 Å². The molecular weight excluding hydrogens is 252 g/mol. The Morgan fingerprint density at radius 2 is 1.56 bits per heavy atom. The van der Waals surface area contributed by atoms with Crippen LogP contribution < -0.4 is 11.1 Å². The van der Waals surface area contributed by atoms with Crippen molar-refractivity contribution in [2.45, 2.75) is 50.6 Å². The van der Waals surface area contributed by atoms with E-state index in [9.17, 15) is 13.2 Å². The number of carbonyl (C=O) groups is 1. The van der Waals surface area contributed by atoms with E-state index in [1.807, 2.05) is 0 Å². The molecule has 5 nitrogen and oxygen atoms in total. The molecule has 0 spiro atoms. The first kappa shape index (κ1) is 13.8. The number of rotatable bonds is 2. The zero-order valence-electron chi connectivity index (χ0n) is 10.6. The Labute approximate surface area is 108 Å². The van der Waals surface area contributed by atoms with E-state index < -0.39 is 9.84 Å². The number of hydrogen-bond acceptors (Lipinski definition) is 4. The lowest BCUT2D eigenvalue weighted by Gasteiger charge is -2.28. The van der Waals surface area contributed by atoms with E-state index >= 15 is 0 Å². The van der Waals surface area contributed by atoms with Gasteiger partial charge in [-0.2, -0.15) is 0 Å². The maximum Gasteiger partial charge on any atom is 0.223 e. The van der Waals surface area contributed by atoms with Gasteiger partial charge in [0.25, 0.3) is 0 Å². The molecule has 18 heavy (non-hydrogen) atoms. The van der Waals surface area contributed by atoms with Crippen LogP contribution in [0.1, 0.15) is 38.5 Å². The molecule has 0 unspecified atom stereocenters. The van der Waals surface area contributed by atoms with Crippen molar-refractivity contribution in [1.29, 1.82) is 0 Å². The van der Waals surface area contributed by atoms with Crippen molar-refractivity contribution in [2.75, 3.05) is 11.5 Å². The van der Waals surface area contributed by atoms with Gasteiger partial charge in [0.15, 0.2) is 0 Å². The van der Waals surface area contributed by atoms with Gasteiger partial charge in [-0.15, -0.1) is 0 Å². The van der Waals surface area contributed by atoms with E-state index in [0.717, 1.165) is 25.7 Å². The minimum absolute atomic E-state index is 0.0385. The molecule has 0 aromatic carbocycles. The Bertz CT molecular complexity index is 386. The van der Waals surface area contributed by atoms with Crippen LogP contribution in [0.15, 0.2) is 0 Å². The predicted molar refractivity (Wildman–Crippen MR) is 69.8 cm³/mol. The van der Waals surface area contributed by atoms with Crippen LogP contribution in [0.25, 0.3) is 0 Å². The van der Waals surface area contributed by atoms with Gasteiger partial charge in [0.2, 0.25) is 5.91 Å². The summed E-state index contributed by atoms with van der Waals surface area (Å²) in [5.41, 5.74) is 5.81. The van der Waals surface area contributed by atoms with Crippen LogP contribution in [0.3, 0.4) is 0 Å². The van der Waals surface area contributed by atoms with Crippen LogP contribution in [0.5, 0.6) is 0 Å². The molecule has 0 radical (unpaired) electrons. The van der Waals surface area contributed by atoms with Gasteiger partial charge in [0.1, 0.15) is 9.84 Å². The average molecular weight is 274 g/mol. The number of amides is 1. The minimum Gasteiger partial charge on any atom is -0.353 e. The van der Waals surface area contributed by atoms with Crippen molar-refractivity contribution in [3.8, 4) is 0 Å². The molecule has 1 aliphatic heterocycles. The largest absolute Gasteiger partial charge is 0.353 e. The molecule has 104 valence electrons. The summed E-state index contributed by atoms with van der Waals surface area (Å²) in [6, 6.07) is 0.283. The summed E-state index contributed by atoms with van der Waals surface area (Å²) in [4.78, 5) is 12.0. The van der Waals surface area contributed by atoms with E-state index in [0.29, 0.717) is 12.8 Å². The fraction of sp³-hybridized carbons (Fsp3) is 0.917. The van der Waals surface area contributed by atoms with Gasteiger partial charge < -0.3 is 11.1 Å². The topological polar surface area (TPSA) is 89.3 Å². The summed E-state index contributed by atoms with van der Waals surface area (Å²) in [7, 11) is -2.85. The highest BCUT2D eigenvalue weighted by atomic mass is 32.2. The third-order valence-corrected chi connectivity index (χ3v) is 5.76. The quantitative estimate of drug-likeness (QED) is 0.752. The second kappa shape index (κ2) is 5.57. The lowest BCUT2D eigenvalue weighted by molar-refractivity contribution is -0.126. The molecule has 2 fully saturated rings. The summed E-state index contributed by atoms with van der Waals surface area (Å²) >= 11 is 0. The molecular formula is C12H22N2O3S. The zero-order valence-corrected chi connectivity index (χ0v) is 11.4. The standard InChI is InChI=1S/C12H22N2O3S/c13-10-3-1-9(2-4-10)12(15)14-11-5-7-18(16,17)8-6-11/h9-11H,1-8,13H2,(H,14,15). The summed E-state index contributed by atoms with van der Waals surface area (Å²) in [6.07, 6.45) is 4.66. The fourth-order valence-electron chi connectivity index (χ4n) is 2.73. The summed E-state index contributed by atoms with van der Waals surface area (Å²) in [5, 5.41) is 3.00. The average Bonchev–Trinajstić information content (AvgIpc) is 2.33. The maximum atomic E-state index is 12.0. The lowest BCUT2D eigenvalue weighted by Crippen LogP contribution is -2.44. The third kappa shape index (κ3) is 3.68. The smallest absolute Gasteiger partial charge is 0.223 e. The molecule has 1 saturated heterocycles. The number of hydrogen-bond donors (Lipinski definition) is 2. The van der Waals surface area contributed by atoms with Gasteiger partial charge in [-0.05, 0) is 38.5 Å². The van der Waals surface area contributed by atoms with Crippen LogP contribution in [-0.2, 0) is 14.6 Å². The van der Waals surface area contributed by atoms with E-state index in [-0.39, 0.29) is 35.4 Å². The van der Waals surface area contributed by atoms with Crippen molar-refractivity contribution < 1.29 is 13.2 Å². The van der Waals surface area contributed by atoms with Crippen molar-refractivity contribution >= 4 is 15.7 Å². The molecule has 1 aliphatic carbocycles. The molecule has 1 saturated carbocycles. The van der Waals surface area contributed by atoms with E-state index in [1.165, 1.54) is 0 Å². The van der Waals surface area contributed by atoms with Crippen LogP contribution in [0.4, 0.5) is 0 Å². The monoisotopic (exact) mass is 274 g/mol. The molecule has 2 rings (SSSR count). The minimum atomic E-state index is -2.85. The highest BCUT2D eigenvalue weighted by Crippen LogP contribution is 2.24. The Hall–Kier alpha value is -0.620. The van der Waals surface area contributed by atoms with Crippen molar-refractivity contribution in [2.24, 2.45) is 11.7 Å². The Kier molecular flexibility index (Phi) is 4.27. The van der Waals surface area contributed by atoms with Crippen LogP contribution >= 0.6 is 0 Å². The molecule has 0 bridgehead atoms. The first-order valence-corrected chi connectivity index (χ1v) is 8.55. The van der Waals surface area contributed by atoms with Crippen molar-refractivity contribution in [1.82, 2.24) is 5.32 Å². The number of sulfone groups is 1. The molecule has 2 aliphatic rings.